The number of anilines is 1. The second kappa shape index (κ2) is 8.91. The lowest BCUT2D eigenvalue weighted by atomic mass is 9.96. The zero-order valence-electron chi connectivity index (χ0n) is 14.2. The summed E-state index contributed by atoms with van der Waals surface area (Å²) < 4.78 is 13.9. The number of nitrogens with zero attached hydrogens (tertiary/aromatic N) is 2. The third-order valence-corrected chi connectivity index (χ3v) is 5.86. The molecule has 134 valence electrons. The molecule has 0 radical (unpaired) electrons. The number of hydrogen-bond acceptors (Lipinski definition) is 5. The highest BCUT2D eigenvalue weighted by Crippen LogP contribution is 2.29. The highest BCUT2D eigenvalue weighted by Gasteiger charge is 2.20. The number of aromatic nitrogens is 2. The summed E-state index contributed by atoms with van der Waals surface area (Å²) in [5, 5.41) is 11.5. The summed E-state index contributed by atoms with van der Waals surface area (Å²) in [5.41, 5.74) is 1.86. The first kappa shape index (κ1) is 18.5. The molecule has 3 aromatic rings. The van der Waals surface area contributed by atoms with E-state index in [-0.39, 0.29) is 17.6 Å². The molecule has 7 heteroatoms. The third kappa shape index (κ3) is 4.89. The van der Waals surface area contributed by atoms with Crippen molar-refractivity contribution >= 4 is 34.1 Å². The monoisotopic (exact) mass is 387 g/mol. The van der Waals surface area contributed by atoms with Crippen molar-refractivity contribution in [3.8, 4) is 0 Å². The van der Waals surface area contributed by atoms with E-state index in [4.69, 9.17) is 0 Å². The highest BCUT2D eigenvalue weighted by molar-refractivity contribution is 8.00. The molecular weight excluding hydrogens is 369 g/mol. The van der Waals surface area contributed by atoms with E-state index < -0.39 is 0 Å². The van der Waals surface area contributed by atoms with Crippen LogP contribution >= 0.6 is 23.1 Å². The molecule has 1 atom stereocenters. The summed E-state index contributed by atoms with van der Waals surface area (Å²) >= 11 is 2.79. The molecule has 0 aliphatic heterocycles. The first-order chi connectivity index (χ1) is 12.7. The molecule has 1 N–H and O–H groups in total. The Balaban J connectivity index is 1.60. The van der Waals surface area contributed by atoms with Gasteiger partial charge in [-0.1, -0.05) is 72.5 Å². The smallest absolute Gasteiger partial charge is 0.233 e. The maximum absolute atomic E-state index is 13.2. The van der Waals surface area contributed by atoms with Crippen molar-refractivity contribution in [1.82, 2.24) is 10.2 Å². The maximum atomic E-state index is 13.2. The Morgan fingerprint density at radius 1 is 1.19 bits per heavy atom. The number of thioether (sulfide) groups is 1. The Labute approximate surface area is 159 Å². The lowest BCUT2D eigenvalue weighted by molar-refractivity contribution is -0.117. The molecule has 3 rings (SSSR count). The fraction of sp³-hybridized carbons (Fsp3) is 0.211. The molecule has 0 bridgehead atoms. The van der Waals surface area contributed by atoms with Gasteiger partial charge in [-0.2, -0.15) is 0 Å². The molecule has 0 aliphatic rings. The van der Waals surface area contributed by atoms with Crippen molar-refractivity contribution in [3.05, 3.63) is 71.5 Å². The van der Waals surface area contributed by atoms with Crippen LogP contribution in [0.2, 0.25) is 0 Å². The molecule has 0 spiro atoms. The van der Waals surface area contributed by atoms with Crippen molar-refractivity contribution in [2.24, 2.45) is 0 Å². The first-order valence-electron chi connectivity index (χ1n) is 8.22. The fourth-order valence-corrected chi connectivity index (χ4v) is 4.24. The van der Waals surface area contributed by atoms with Crippen molar-refractivity contribution in [3.63, 3.8) is 0 Å². The quantitative estimate of drug-likeness (QED) is 0.452. The summed E-state index contributed by atoms with van der Waals surface area (Å²) in [6.45, 7) is 1.98. The number of carbonyl (C=O) groups excluding carboxylic acids is 1. The second-order valence-corrected chi connectivity index (χ2v) is 7.85. The predicted molar refractivity (Wildman–Crippen MR) is 104 cm³/mol. The minimum absolute atomic E-state index is 0.0865. The molecule has 1 aromatic heterocycles. The van der Waals surface area contributed by atoms with E-state index in [0.717, 1.165) is 15.5 Å². The van der Waals surface area contributed by atoms with Crippen molar-refractivity contribution < 1.29 is 9.18 Å². The number of hydrogen-bond donors (Lipinski definition) is 1. The summed E-state index contributed by atoms with van der Waals surface area (Å²) in [7, 11) is 0. The van der Waals surface area contributed by atoms with Gasteiger partial charge in [-0.15, -0.1) is 10.2 Å². The highest BCUT2D eigenvalue weighted by atomic mass is 32.2. The standard InChI is InChI=1S/C19H18FN3OS2/c1-2-16(14-8-4-3-5-9-14)17(24)21-18-22-23-19(26-18)25-12-13-7-6-10-15(20)11-13/h3-11,16H,2,12H2,1H3,(H,21,22,24). The van der Waals surface area contributed by atoms with Gasteiger partial charge in [-0.3, -0.25) is 10.1 Å². The molecule has 0 saturated carbocycles. The van der Waals surface area contributed by atoms with Crippen molar-refractivity contribution in [1.29, 1.82) is 0 Å². The maximum Gasteiger partial charge on any atom is 0.233 e. The molecule has 1 unspecified atom stereocenters. The Bertz CT molecular complexity index is 870. The summed E-state index contributed by atoms with van der Waals surface area (Å²) in [6.07, 6.45) is 0.704. The minimum Gasteiger partial charge on any atom is -0.300 e. The summed E-state index contributed by atoms with van der Waals surface area (Å²) in [4.78, 5) is 12.5. The van der Waals surface area contributed by atoms with Crippen LogP contribution in [0.5, 0.6) is 0 Å². The van der Waals surface area contributed by atoms with Gasteiger partial charge in [0.2, 0.25) is 11.0 Å². The number of rotatable bonds is 7. The van der Waals surface area contributed by atoms with Crippen LogP contribution in [0, 0.1) is 5.82 Å². The Morgan fingerprint density at radius 2 is 2.00 bits per heavy atom. The Morgan fingerprint density at radius 3 is 2.73 bits per heavy atom. The lowest BCUT2D eigenvalue weighted by Gasteiger charge is -2.13. The molecule has 1 amide bonds. The van der Waals surface area contributed by atoms with Gasteiger partial charge in [0, 0.05) is 5.75 Å². The van der Waals surface area contributed by atoms with E-state index in [2.05, 4.69) is 15.5 Å². The minimum atomic E-state index is -0.250. The molecule has 2 aromatic carbocycles. The summed E-state index contributed by atoms with van der Waals surface area (Å²) in [6, 6.07) is 16.2. The van der Waals surface area contributed by atoms with Crippen LogP contribution in [0.4, 0.5) is 9.52 Å². The van der Waals surface area contributed by atoms with Crippen LogP contribution in [-0.4, -0.2) is 16.1 Å². The molecule has 0 fully saturated rings. The predicted octanol–water partition coefficient (Wildman–Crippen LogP) is 5.10. The third-order valence-electron chi connectivity index (χ3n) is 3.81. The van der Waals surface area contributed by atoms with Gasteiger partial charge in [-0.25, -0.2) is 4.39 Å². The van der Waals surface area contributed by atoms with E-state index in [1.54, 1.807) is 6.07 Å². The molecule has 4 nitrogen and oxygen atoms in total. The normalized spacial score (nSPS) is 11.9. The zero-order chi connectivity index (χ0) is 18.4. The van der Waals surface area contributed by atoms with Gasteiger partial charge in [0.05, 0.1) is 5.92 Å². The van der Waals surface area contributed by atoms with Crippen LogP contribution in [0.25, 0.3) is 0 Å². The topological polar surface area (TPSA) is 54.9 Å². The number of amides is 1. The zero-order valence-corrected chi connectivity index (χ0v) is 15.8. The Hall–Kier alpha value is -2.25. The molecular formula is C19H18FN3OS2. The number of halogens is 1. The van der Waals surface area contributed by atoms with Gasteiger partial charge >= 0.3 is 0 Å². The van der Waals surface area contributed by atoms with Crippen molar-refractivity contribution in [2.75, 3.05) is 5.32 Å². The number of nitrogens with one attached hydrogen (secondary N) is 1. The van der Waals surface area contributed by atoms with E-state index in [0.29, 0.717) is 17.3 Å². The van der Waals surface area contributed by atoms with Crippen LogP contribution in [0.3, 0.4) is 0 Å². The molecule has 1 heterocycles. The SMILES string of the molecule is CCC(C(=O)Nc1nnc(SCc2cccc(F)c2)s1)c1ccccc1. The van der Waals surface area contributed by atoms with Crippen LogP contribution < -0.4 is 5.32 Å². The first-order valence-corrected chi connectivity index (χ1v) is 10.0. The van der Waals surface area contributed by atoms with Crippen LogP contribution in [0.1, 0.15) is 30.4 Å². The fourth-order valence-electron chi connectivity index (χ4n) is 2.54. The lowest BCUT2D eigenvalue weighted by Crippen LogP contribution is -2.20. The van der Waals surface area contributed by atoms with Gasteiger partial charge in [-0.05, 0) is 29.7 Å². The van der Waals surface area contributed by atoms with E-state index in [1.807, 2.05) is 43.3 Å². The summed E-state index contributed by atoms with van der Waals surface area (Å²) in [5.74, 6) is 0.0435. The average molecular weight is 388 g/mol. The van der Waals surface area contributed by atoms with Crippen molar-refractivity contribution in [2.45, 2.75) is 29.4 Å². The van der Waals surface area contributed by atoms with E-state index in [9.17, 15) is 9.18 Å². The van der Waals surface area contributed by atoms with Gasteiger partial charge < -0.3 is 0 Å². The van der Waals surface area contributed by atoms with Crippen LogP contribution in [-0.2, 0) is 10.5 Å². The largest absolute Gasteiger partial charge is 0.300 e. The molecule has 0 saturated heterocycles. The van der Waals surface area contributed by atoms with Crippen LogP contribution in [0.15, 0.2) is 58.9 Å². The molecule has 0 aliphatic carbocycles. The van der Waals surface area contributed by atoms with Gasteiger partial charge in [0.15, 0.2) is 4.34 Å². The van der Waals surface area contributed by atoms with E-state index >= 15 is 0 Å². The average Bonchev–Trinajstić information content (AvgIpc) is 3.09. The number of carbonyl (C=O) groups is 1. The van der Waals surface area contributed by atoms with Gasteiger partial charge in [0.1, 0.15) is 5.82 Å². The van der Waals surface area contributed by atoms with E-state index in [1.165, 1.54) is 35.2 Å². The number of benzene rings is 2. The Kier molecular flexibility index (Phi) is 6.35. The molecule has 26 heavy (non-hydrogen) atoms. The van der Waals surface area contributed by atoms with Gasteiger partial charge in [0.25, 0.3) is 0 Å². The second-order valence-electron chi connectivity index (χ2n) is 5.65.